The fraction of sp³-hybridized carbons (Fsp3) is 0.364. The van der Waals surface area contributed by atoms with E-state index in [0.29, 0.717) is 6.42 Å². The summed E-state index contributed by atoms with van der Waals surface area (Å²) in [5.41, 5.74) is 1.94. The lowest BCUT2D eigenvalue weighted by molar-refractivity contribution is -0.117. The van der Waals surface area contributed by atoms with Gasteiger partial charge in [-0.1, -0.05) is 24.0 Å². The molecule has 1 aliphatic heterocycles. The summed E-state index contributed by atoms with van der Waals surface area (Å²) in [6.07, 6.45) is 5.39. The third-order valence-corrected chi connectivity index (χ3v) is 2.88. The highest BCUT2D eigenvalue weighted by Gasteiger charge is 2.17. The lowest BCUT2D eigenvalue weighted by Crippen LogP contribution is -2.31. The molecule has 0 fully saturated rings. The first-order chi connectivity index (χ1) is 6.69. The van der Waals surface area contributed by atoms with Crippen LogP contribution in [0.2, 0.25) is 0 Å². The second-order valence-electron chi connectivity index (χ2n) is 3.25. The summed E-state index contributed by atoms with van der Waals surface area (Å²) >= 11 is 0. The van der Waals surface area contributed by atoms with Gasteiger partial charge in [0.15, 0.2) is 0 Å². The minimum absolute atomic E-state index is 0.0490. The highest BCUT2D eigenvalue weighted by molar-refractivity contribution is 7.22. The molecular weight excluding hydrogens is 193 g/mol. The van der Waals surface area contributed by atoms with Crippen LogP contribution in [0.15, 0.2) is 35.2 Å². The van der Waals surface area contributed by atoms with Crippen molar-refractivity contribution in [2.75, 3.05) is 6.54 Å². The number of hydrogen-bond donors (Lipinski definition) is 1. The number of nitrogens with one attached hydrogen (secondary N) is 1. The van der Waals surface area contributed by atoms with Gasteiger partial charge >= 0.3 is 0 Å². The highest BCUT2D eigenvalue weighted by Crippen LogP contribution is 2.24. The van der Waals surface area contributed by atoms with E-state index >= 15 is 0 Å². The lowest BCUT2D eigenvalue weighted by atomic mass is 9.98. The normalized spacial score (nSPS) is 18.1. The largest absolute Gasteiger partial charge is 0.352 e. The maximum absolute atomic E-state index is 11.6. The maximum Gasteiger partial charge on any atom is 0.247 e. The van der Waals surface area contributed by atoms with E-state index in [1.54, 1.807) is 6.08 Å². The van der Waals surface area contributed by atoms with Crippen molar-refractivity contribution in [3.8, 4) is 0 Å². The van der Waals surface area contributed by atoms with Crippen molar-refractivity contribution in [3.63, 3.8) is 0 Å². The maximum atomic E-state index is 11.6. The molecule has 2 nitrogen and oxygen atoms in total. The number of rotatable bonds is 3. The fourth-order valence-electron chi connectivity index (χ4n) is 1.44. The molecule has 1 heterocycles. The molecule has 14 heavy (non-hydrogen) atoms. The molecule has 0 aromatic heterocycles. The molecule has 0 aliphatic carbocycles. The van der Waals surface area contributed by atoms with Crippen LogP contribution >= 0.6 is 9.24 Å². The molecule has 0 saturated heterocycles. The van der Waals surface area contributed by atoms with Crippen molar-refractivity contribution in [3.05, 3.63) is 35.2 Å². The average Bonchev–Trinajstić information content (AvgIpc) is 2.20. The van der Waals surface area contributed by atoms with Crippen molar-refractivity contribution in [1.29, 1.82) is 0 Å². The highest BCUT2D eigenvalue weighted by atomic mass is 31.0. The molecule has 1 atom stereocenters. The number of allylic oxidation sites excluding steroid dienone is 3. The van der Waals surface area contributed by atoms with Crippen molar-refractivity contribution >= 4 is 15.1 Å². The quantitative estimate of drug-likeness (QED) is 0.709. The molecule has 1 unspecified atom stereocenters. The van der Waals surface area contributed by atoms with Gasteiger partial charge < -0.3 is 5.32 Å². The number of carbonyl (C=O) groups is 1. The third-order valence-electron chi connectivity index (χ3n) is 2.34. The molecule has 0 aromatic rings. The van der Waals surface area contributed by atoms with Crippen LogP contribution in [0.5, 0.6) is 0 Å². The molecule has 1 N–H and O–H groups in total. The summed E-state index contributed by atoms with van der Waals surface area (Å²) < 4.78 is 0. The Hall–Kier alpha value is -0.880. The summed E-state index contributed by atoms with van der Waals surface area (Å²) in [4.78, 5) is 11.6. The van der Waals surface area contributed by atoms with Crippen LogP contribution in [-0.2, 0) is 4.79 Å². The molecule has 76 valence electrons. The van der Waals surface area contributed by atoms with Gasteiger partial charge in [-0.15, -0.1) is 9.24 Å². The zero-order chi connectivity index (χ0) is 10.6. The monoisotopic (exact) mass is 209 g/mol. The first-order valence-corrected chi connectivity index (χ1v) is 5.30. The zero-order valence-corrected chi connectivity index (χ0v) is 9.62. The van der Waals surface area contributed by atoms with Crippen molar-refractivity contribution in [2.24, 2.45) is 0 Å². The summed E-state index contributed by atoms with van der Waals surface area (Å²) in [5, 5.41) is 3.98. The van der Waals surface area contributed by atoms with Gasteiger partial charge in [0.25, 0.3) is 0 Å². The van der Waals surface area contributed by atoms with E-state index in [-0.39, 0.29) is 5.91 Å². The molecule has 1 aliphatic rings. The van der Waals surface area contributed by atoms with Gasteiger partial charge in [-0.2, -0.15) is 0 Å². The van der Waals surface area contributed by atoms with Crippen LogP contribution in [0.3, 0.4) is 0 Å². The van der Waals surface area contributed by atoms with E-state index in [1.807, 2.05) is 13.0 Å². The van der Waals surface area contributed by atoms with Crippen LogP contribution in [0.25, 0.3) is 0 Å². The Labute approximate surface area is 87.4 Å². The van der Waals surface area contributed by atoms with Crippen molar-refractivity contribution in [1.82, 2.24) is 5.32 Å². The van der Waals surface area contributed by atoms with Crippen LogP contribution in [0.4, 0.5) is 0 Å². The molecule has 0 saturated carbocycles. The summed E-state index contributed by atoms with van der Waals surface area (Å²) in [5.74, 6) is 0.0490. The Morgan fingerprint density at radius 3 is 3.00 bits per heavy atom. The smallest absolute Gasteiger partial charge is 0.247 e. The molecule has 0 bridgehead atoms. The Morgan fingerprint density at radius 1 is 1.71 bits per heavy atom. The Morgan fingerprint density at radius 2 is 2.43 bits per heavy atom. The number of hydrogen-bond acceptors (Lipinski definition) is 1. The van der Waals surface area contributed by atoms with Gasteiger partial charge in [0.05, 0.1) is 0 Å². The second kappa shape index (κ2) is 5.11. The molecule has 0 spiro atoms. The van der Waals surface area contributed by atoms with Crippen LogP contribution in [0.1, 0.15) is 19.8 Å². The van der Waals surface area contributed by atoms with E-state index < -0.39 is 0 Å². The molecule has 0 aromatic carbocycles. The Balaban J connectivity index is 2.93. The lowest BCUT2D eigenvalue weighted by Gasteiger charge is -2.18. The van der Waals surface area contributed by atoms with E-state index in [1.165, 1.54) is 0 Å². The van der Waals surface area contributed by atoms with Gasteiger partial charge in [-0.05, 0) is 18.9 Å². The molecular formula is C11H16NOP. The van der Waals surface area contributed by atoms with Gasteiger partial charge in [0.1, 0.15) is 0 Å². The summed E-state index contributed by atoms with van der Waals surface area (Å²) in [6, 6.07) is 0. The van der Waals surface area contributed by atoms with Crippen LogP contribution in [-0.4, -0.2) is 12.5 Å². The third kappa shape index (κ3) is 2.55. The minimum Gasteiger partial charge on any atom is -0.352 e. The number of amides is 1. The van der Waals surface area contributed by atoms with Crippen molar-refractivity contribution < 1.29 is 4.79 Å². The topological polar surface area (TPSA) is 29.1 Å². The first-order valence-electron chi connectivity index (χ1n) is 4.72. The second-order valence-corrected chi connectivity index (χ2v) is 4.00. The van der Waals surface area contributed by atoms with E-state index in [0.717, 1.165) is 29.4 Å². The number of carbonyl (C=O) groups excluding carboxylic acids is 1. The van der Waals surface area contributed by atoms with Gasteiger partial charge in [-0.25, -0.2) is 0 Å². The summed E-state index contributed by atoms with van der Waals surface area (Å²) in [7, 11) is 2.65. The summed E-state index contributed by atoms with van der Waals surface area (Å²) in [6.45, 7) is 6.44. The predicted molar refractivity (Wildman–Crippen MR) is 62.9 cm³/mol. The molecule has 1 rings (SSSR count). The molecule has 0 radical (unpaired) electrons. The molecule has 1 amide bonds. The van der Waals surface area contributed by atoms with Gasteiger partial charge in [0, 0.05) is 18.5 Å². The Kier molecular flexibility index (Phi) is 4.09. The Bertz CT molecular complexity index is 315. The van der Waals surface area contributed by atoms with Crippen LogP contribution < -0.4 is 5.32 Å². The zero-order valence-electron chi connectivity index (χ0n) is 8.47. The van der Waals surface area contributed by atoms with Crippen molar-refractivity contribution in [2.45, 2.75) is 19.8 Å². The van der Waals surface area contributed by atoms with Crippen LogP contribution in [0, 0.1) is 0 Å². The van der Waals surface area contributed by atoms with E-state index in [4.69, 9.17) is 0 Å². The standard InChI is InChI=1S/C11H16NOP/c1-3-8-5-6-12-11(13)10(8)7-9(14)4-2/h3-4H,1,5-7,14H2,2H3,(H,12,13)/b9-4+. The SMILES string of the molecule is C=CC1=C(C/C(P)=C\C)C(=O)NCC1. The predicted octanol–water partition coefficient (Wildman–Crippen LogP) is 2.16. The first kappa shape index (κ1) is 11.2. The van der Waals surface area contributed by atoms with E-state index in [9.17, 15) is 4.79 Å². The van der Waals surface area contributed by atoms with E-state index in [2.05, 4.69) is 21.1 Å². The van der Waals surface area contributed by atoms with Gasteiger partial charge in [0.2, 0.25) is 5.91 Å². The molecule has 3 heteroatoms. The van der Waals surface area contributed by atoms with Gasteiger partial charge in [-0.3, -0.25) is 4.79 Å². The minimum atomic E-state index is 0.0490. The fourth-order valence-corrected chi connectivity index (χ4v) is 1.64. The average molecular weight is 209 g/mol.